The Bertz CT molecular complexity index is 209. The zero-order chi connectivity index (χ0) is 8.10. The van der Waals surface area contributed by atoms with Crippen molar-refractivity contribution in [3.05, 3.63) is 23.8 Å². The highest BCUT2D eigenvalue weighted by Crippen LogP contribution is 2.19. The summed E-state index contributed by atoms with van der Waals surface area (Å²) in [6.07, 6.45) is 10.1. The molecule has 1 nitrogen and oxygen atoms in total. The highest BCUT2D eigenvalue weighted by molar-refractivity contribution is 6.08. The average molecular weight is 149 g/mol. The maximum atomic E-state index is 4.22. The predicted molar refractivity (Wildman–Crippen MR) is 50.1 cm³/mol. The lowest BCUT2D eigenvalue weighted by Crippen LogP contribution is -1.95. The molecule has 0 saturated heterocycles. The maximum Gasteiger partial charge on any atom is 0.0596 e. The summed E-state index contributed by atoms with van der Waals surface area (Å²) in [6, 6.07) is 0. The molecule has 0 atom stereocenters. The number of hydrogen-bond acceptors (Lipinski definition) is 1. The SMILES string of the molecule is C/C=C\C(=NC)C1=CCCC1. The summed E-state index contributed by atoms with van der Waals surface area (Å²) in [7, 11) is 1.86. The molecule has 1 aliphatic rings. The second kappa shape index (κ2) is 4.12. The van der Waals surface area contributed by atoms with Crippen LogP contribution >= 0.6 is 0 Å². The van der Waals surface area contributed by atoms with Crippen LogP contribution in [-0.2, 0) is 0 Å². The summed E-state index contributed by atoms with van der Waals surface area (Å²) >= 11 is 0. The van der Waals surface area contributed by atoms with E-state index in [1.54, 1.807) is 0 Å². The Morgan fingerprint density at radius 1 is 1.64 bits per heavy atom. The molecule has 0 aromatic rings. The molecule has 0 N–H and O–H groups in total. The van der Waals surface area contributed by atoms with E-state index in [9.17, 15) is 0 Å². The lowest BCUT2D eigenvalue weighted by atomic mass is 10.1. The molecule has 0 fully saturated rings. The Hall–Kier alpha value is -0.850. The normalized spacial score (nSPS) is 19.5. The van der Waals surface area contributed by atoms with Gasteiger partial charge in [0.2, 0.25) is 0 Å². The lowest BCUT2D eigenvalue weighted by molar-refractivity contribution is 0.920. The maximum absolute atomic E-state index is 4.22. The van der Waals surface area contributed by atoms with Gasteiger partial charge in [-0.3, -0.25) is 4.99 Å². The number of aliphatic imine (C=N–C) groups is 1. The molecule has 1 rings (SSSR count). The fourth-order valence-corrected chi connectivity index (χ4v) is 1.39. The largest absolute Gasteiger partial charge is 0.288 e. The van der Waals surface area contributed by atoms with E-state index in [-0.39, 0.29) is 0 Å². The summed E-state index contributed by atoms with van der Waals surface area (Å²) in [5, 5.41) is 0. The Balaban J connectivity index is 2.70. The van der Waals surface area contributed by atoms with E-state index in [1.165, 1.54) is 24.8 Å². The first kappa shape index (κ1) is 8.25. The molecule has 0 aliphatic heterocycles. The van der Waals surface area contributed by atoms with Crippen LogP contribution in [-0.4, -0.2) is 12.8 Å². The van der Waals surface area contributed by atoms with E-state index >= 15 is 0 Å². The van der Waals surface area contributed by atoms with Gasteiger partial charge in [-0.25, -0.2) is 0 Å². The zero-order valence-corrected chi connectivity index (χ0v) is 7.30. The van der Waals surface area contributed by atoms with Crippen molar-refractivity contribution in [2.24, 2.45) is 4.99 Å². The second-order valence-electron chi connectivity index (χ2n) is 2.73. The molecule has 0 unspecified atom stereocenters. The molecule has 0 radical (unpaired) electrons. The van der Waals surface area contributed by atoms with Crippen molar-refractivity contribution in [1.82, 2.24) is 0 Å². The van der Waals surface area contributed by atoms with E-state index < -0.39 is 0 Å². The van der Waals surface area contributed by atoms with Gasteiger partial charge in [-0.05, 0) is 37.8 Å². The molecule has 0 heterocycles. The third-order valence-corrected chi connectivity index (χ3v) is 1.94. The van der Waals surface area contributed by atoms with Gasteiger partial charge >= 0.3 is 0 Å². The van der Waals surface area contributed by atoms with Crippen LogP contribution in [0.15, 0.2) is 28.8 Å². The van der Waals surface area contributed by atoms with Crippen molar-refractivity contribution in [2.45, 2.75) is 26.2 Å². The van der Waals surface area contributed by atoms with Gasteiger partial charge in [0.15, 0.2) is 0 Å². The van der Waals surface area contributed by atoms with Gasteiger partial charge in [0.25, 0.3) is 0 Å². The van der Waals surface area contributed by atoms with E-state index in [1.807, 2.05) is 20.0 Å². The van der Waals surface area contributed by atoms with Gasteiger partial charge in [-0.1, -0.05) is 12.2 Å². The molecule has 11 heavy (non-hydrogen) atoms. The van der Waals surface area contributed by atoms with Gasteiger partial charge in [0.1, 0.15) is 0 Å². The van der Waals surface area contributed by atoms with E-state index in [2.05, 4.69) is 17.1 Å². The zero-order valence-electron chi connectivity index (χ0n) is 7.30. The monoisotopic (exact) mass is 149 g/mol. The van der Waals surface area contributed by atoms with Crippen molar-refractivity contribution in [3.63, 3.8) is 0 Å². The smallest absolute Gasteiger partial charge is 0.0596 e. The Kier molecular flexibility index (Phi) is 3.09. The van der Waals surface area contributed by atoms with Crippen LogP contribution in [0.3, 0.4) is 0 Å². The first-order valence-electron chi connectivity index (χ1n) is 4.17. The van der Waals surface area contributed by atoms with Crippen molar-refractivity contribution in [1.29, 1.82) is 0 Å². The van der Waals surface area contributed by atoms with Crippen LogP contribution in [0.4, 0.5) is 0 Å². The van der Waals surface area contributed by atoms with Gasteiger partial charge in [0.05, 0.1) is 5.71 Å². The molecule has 1 aliphatic carbocycles. The van der Waals surface area contributed by atoms with Crippen LogP contribution in [0.2, 0.25) is 0 Å². The molecular weight excluding hydrogens is 134 g/mol. The molecule has 0 aromatic heterocycles. The van der Waals surface area contributed by atoms with Crippen molar-refractivity contribution < 1.29 is 0 Å². The minimum Gasteiger partial charge on any atom is -0.288 e. The minimum atomic E-state index is 1.16. The third-order valence-electron chi connectivity index (χ3n) is 1.94. The van der Waals surface area contributed by atoms with Crippen molar-refractivity contribution >= 4 is 5.71 Å². The van der Waals surface area contributed by atoms with Gasteiger partial charge < -0.3 is 0 Å². The summed E-state index contributed by atoms with van der Waals surface area (Å²) in [5.41, 5.74) is 2.58. The Morgan fingerprint density at radius 2 is 2.45 bits per heavy atom. The van der Waals surface area contributed by atoms with Crippen molar-refractivity contribution in [2.75, 3.05) is 7.05 Å². The summed E-state index contributed by atoms with van der Waals surface area (Å²) in [5.74, 6) is 0. The van der Waals surface area contributed by atoms with Crippen LogP contribution < -0.4 is 0 Å². The predicted octanol–water partition coefficient (Wildman–Crippen LogP) is 2.74. The molecule has 0 saturated carbocycles. The molecule has 0 aromatic carbocycles. The summed E-state index contributed by atoms with van der Waals surface area (Å²) in [6.45, 7) is 2.03. The number of rotatable bonds is 2. The van der Waals surface area contributed by atoms with Crippen molar-refractivity contribution in [3.8, 4) is 0 Å². The van der Waals surface area contributed by atoms with Crippen LogP contribution in [0, 0.1) is 0 Å². The van der Waals surface area contributed by atoms with Gasteiger partial charge in [0, 0.05) is 7.05 Å². The molecule has 0 spiro atoms. The minimum absolute atomic E-state index is 1.16. The van der Waals surface area contributed by atoms with E-state index in [4.69, 9.17) is 0 Å². The highest BCUT2D eigenvalue weighted by atomic mass is 14.7. The average Bonchev–Trinajstić information content (AvgIpc) is 2.52. The fraction of sp³-hybridized carbons (Fsp3) is 0.500. The quantitative estimate of drug-likeness (QED) is 0.535. The number of allylic oxidation sites excluding steroid dienone is 4. The standard InChI is InChI=1S/C10H15N/c1-3-6-10(11-2)9-7-4-5-8-9/h3,6-7H,4-5,8H2,1-2H3/b6-3-,11-10?. The van der Waals surface area contributed by atoms with E-state index in [0.29, 0.717) is 0 Å². The second-order valence-corrected chi connectivity index (χ2v) is 2.73. The highest BCUT2D eigenvalue weighted by Gasteiger charge is 2.07. The summed E-state index contributed by atoms with van der Waals surface area (Å²) < 4.78 is 0. The molecule has 1 heteroatoms. The first-order valence-corrected chi connectivity index (χ1v) is 4.17. The van der Waals surface area contributed by atoms with Crippen LogP contribution in [0.5, 0.6) is 0 Å². The number of nitrogens with zero attached hydrogens (tertiary/aromatic N) is 1. The third kappa shape index (κ3) is 2.04. The molecule has 0 amide bonds. The number of hydrogen-bond donors (Lipinski definition) is 0. The first-order chi connectivity index (χ1) is 5.38. The van der Waals surface area contributed by atoms with Gasteiger partial charge in [-0.15, -0.1) is 0 Å². The van der Waals surface area contributed by atoms with E-state index in [0.717, 1.165) is 5.71 Å². The van der Waals surface area contributed by atoms with Crippen LogP contribution in [0.25, 0.3) is 0 Å². The fourth-order valence-electron chi connectivity index (χ4n) is 1.39. The van der Waals surface area contributed by atoms with Crippen LogP contribution in [0.1, 0.15) is 26.2 Å². The molecule has 0 bridgehead atoms. The Morgan fingerprint density at radius 3 is 2.91 bits per heavy atom. The van der Waals surface area contributed by atoms with Gasteiger partial charge in [-0.2, -0.15) is 0 Å². The lowest BCUT2D eigenvalue weighted by Gasteiger charge is -1.98. The summed E-state index contributed by atoms with van der Waals surface area (Å²) in [4.78, 5) is 4.22. The molecular formula is C10H15N. The molecule has 60 valence electrons. The Labute approximate surface area is 68.5 Å². The topological polar surface area (TPSA) is 12.4 Å².